The zero-order valence-corrected chi connectivity index (χ0v) is 11.8. The summed E-state index contributed by atoms with van der Waals surface area (Å²) in [5.74, 6) is -0.628. The first kappa shape index (κ1) is 14.8. The fraction of sp³-hybridized carbons (Fsp3) is 0.385. The van der Waals surface area contributed by atoms with Gasteiger partial charge in [-0.05, 0) is 13.0 Å². The Labute approximate surface area is 121 Å². The van der Waals surface area contributed by atoms with Crippen molar-refractivity contribution in [3.05, 3.63) is 33.9 Å². The van der Waals surface area contributed by atoms with Crippen molar-refractivity contribution in [2.24, 2.45) is 0 Å². The van der Waals surface area contributed by atoms with Crippen molar-refractivity contribution in [1.82, 2.24) is 10.2 Å². The van der Waals surface area contributed by atoms with E-state index >= 15 is 0 Å². The molecule has 0 radical (unpaired) electrons. The third-order valence-electron chi connectivity index (χ3n) is 3.48. The van der Waals surface area contributed by atoms with E-state index in [0.29, 0.717) is 13.1 Å². The van der Waals surface area contributed by atoms with E-state index in [9.17, 15) is 19.7 Å². The van der Waals surface area contributed by atoms with Crippen LogP contribution in [0.1, 0.15) is 17.3 Å². The molecule has 0 saturated carbocycles. The second kappa shape index (κ2) is 5.78. The Bertz CT molecular complexity index is 602. The van der Waals surface area contributed by atoms with Gasteiger partial charge in [0, 0.05) is 26.2 Å². The van der Waals surface area contributed by atoms with Crippen LogP contribution in [0, 0.1) is 10.1 Å². The quantitative estimate of drug-likeness (QED) is 0.627. The lowest BCUT2D eigenvalue weighted by Gasteiger charge is -2.33. The Balaban J connectivity index is 2.41. The van der Waals surface area contributed by atoms with E-state index in [1.165, 1.54) is 30.1 Å². The Morgan fingerprint density at radius 2 is 2.24 bits per heavy atom. The largest absolute Gasteiger partial charge is 0.382 e. The summed E-state index contributed by atoms with van der Waals surface area (Å²) < 4.78 is 0. The zero-order valence-electron chi connectivity index (χ0n) is 11.8. The minimum atomic E-state index is -0.602. The number of nitrogens with zero attached hydrogens (tertiary/aromatic N) is 2. The van der Waals surface area contributed by atoms with Crippen LogP contribution < -0.4 is 10.6 Å². The van der Waals surface area contributed by atoms with E-state index in [2.05, 4.69) is 10.6 Å². The molecule has 2 rings (SSSR count). The summed E-state index contributed by atoms with van der Waals surface area (Å²) in [5, 5.41) is 16.4. The van der Waals surface area contributed by atoms with Crippen LogP contribution in [0.25, 0.3) is 0 Å². The Hall–Kier alpha value is -2.64. The SMILES string of the molecule is CNc1c(C(=O)N2CCNC(=O)C2C)cccc1[N+](=O)[O-]. The number of nitro groups is 1. The monoisotopic (exact) mass is 292 g/mol. The summed E-state index contributed by atoms with van der Waals surface area (Å²) in [4.78, 5) is 36.1. The summed E-state index contributed by atoms with van der Waals surface area (Å²) >= 11 is 0. The maximum Gasteiger partial charge on any atom is 0.293 e. The first-order valence-electron chi connectivity index (χ1n) is 6.51. The smallest absolute Gasteiger partial charge is 0.293 e. The molecule has 1 aliphatic rings. The van der Waals surface area contributed by atoms with Crippen LogP contribution in [0.5, 0.6) is 0 Å². The molecule has 0 bridgehead atoms. The highest BCUT2D eigenvalue weighted by molar-refractivity contribution is 6.03. The first-order chi connectivity index (χ1) is 9.97. The van der Waals surface area contributed by atoms with Gasteiger partial charge in [0.25, 0.3) is 11.6 Å². The number of rotatable bonds is 3. The molecule has 0 aliphatic carbocycles. The summed E-state index contributed by atoms with van der Waals surface area (Å²) in [6.45, 7) is 2.37. The molecule has 2 amide bonds. The van der Waals surface area contributed by atoms with E-state index in [1.54, 1.807) is 6.92 Å². The number of para-hydroxylation sites is 1. The van der Waals surface area contributed by atoms with E-state index in [-0.39, 0.29) is 22.8 Å². The van der Waals surface area contributed by atoms with Crippen molar-refractivity contribution < 1.29 is 14.5 Å². The van der Waals surface area contributed by atoms with Crippen LogP contribution >= 0.6 is 0 Å². The summed E-state index contributed by atoms with van der Waals surface area (Å²) in [6.07, 6.45) is 0. The van der Waals surface area contributed by atoms with Crippen LogP contribution in [0.3, 0.4) is 0 Å². The number of nitrogens with one attached hydrogen (secondary N) is 2. The standard InChI is InChI=1S/C13H16N4O4/c1-8-12(18)15-6-7-16(8)13(19)9-4-3-5-10(17(20)21)11(9)14-2/h3-5,8,14H,6-7H2,1-2H3,(H,15,18). The molecule has 1 aromatic carbocycles. The average molecular weight is 292 g/mol. The summed E-state index contributed by atoms with van der Waals surface area (Å²) in [6, 6.07) is 3.70. The molecule has 1 atom stereocenters. The van der Waals surface area contributed by atoms with Crippen molar-refractivity contribution >= 4 is 23.2 Å². The van der Waals surface area contributed by atoms with Crippen LogP contribution in [0.15, 0.2) is 18.2 Å². The number of hydrogen-bond donors (Lipinski definition) is 2. The zero-order chi connectivity index (χ0) is 15.6. The summed E-state index contributed by atoms with van der Waals surface area (Å²) in [5.41, 5.74) is 0.177. The van der Waals surface area contributed by atoms with Crippen molar-refractivity contribution in [3.8, 4) is 0 Å². The molecule has 1 fully saturated rings. The molecule has 1 aliphatic heterocycles. The van der Waals surface area contributed by atoms with Crippen molar-refractivity contribution in [2.45, 2.75) is 13.0 Å². The minimum Gasteiger partial charge on any atom is -0.382 e. The number of carbonyl (C=O) groups excluding carboxylic acids is 2. The molecule has 1 aromatic rings. The summed E-state index contributed by atoms with van der Waals surface area (Å²) in [7, 11) is 1.52. The molecule has 0 aromatic heterocycles. The highest BCUT2D eigenvalue weighted by Crippen LogP contribution is 2.29. The average Bonchev–Trinajstić information content (AvgIpc) is 2.48. The molecule has 1 unspecified atom stereocenters. The number of hydrogen-bond acceptors (Lipinski definition) is 5. The maximum atomic E-state index is 12.6. The fourth-order valence-corrected chi connectivity index (χ4v) is 2.35. The highest BCUT2D eigenvalue weighted by Gasteiger charge is 2.32. The van der Waals surface area contributed by atoms with Gasteiger partial charge in [-0.2, -0.15) is 0 Å². The Morgan fingerprint density at radius 1 is 1.52 bits per heavy atom. The lowest BCUT2D eigenvalue weighted by Crippen LogP contribution is -2.55. The number of anilines is 1. The van der Waals surface area contributed by atoms with Gasteiger partial charge in [-0.25, -0.2) is 0 Å². The Morgan fingerprint density at radius 3 is 2.86 bits per heavy atom. The van der Waals surface area contributed by atoms with E-state index in [1.807, 2.05) is 0 Å². The van der Waals surface area contributed by atoms with Crippen LogP contribution in [-0.2, 0) is 4.79 Å². The molecule has 8 nitrogen and oxygen atoms in total. The van der Waals surface area contributed by atoms with Gasteiger partial charge < -0.3 is 15.5 Å². The normalized spacial score (nSPS) is 18.1. The number of piperazine rings is 1. The lowest BCUT2D eigenvalue weighted by atomic mass is 10.1. The molecule has 0 spiro atoms. The fourth-order valence-electron chi connectivity index (χ4n) is 2.35. The molecule has 1 heterocycles. The highest BCUT2D eigenvalue weighted by atomic mass is 16.6. The van der Waals surface area contributed by atoms with E-state index in [4.69, 9.17) is 0 Å². The third kappa shape index (κ3) is 2.64. The molecular formula is C13H16N4O4. The van der Waals surface area contributed by atoms with Crippen LogP contribution in [0.4, 0.5) is 11.4 Å². The van der Waals surface area contributed by atoms with Gasteiger partial charge in [0.05, 0.1) is 10.5 Å². The number of benzene rings is 1. The predicted octanol–water partition coefficient (Wildman–Crippen LogP) is 0.597. The minimum absolute atomic E-state index is 0.158. The van der Waals surface area contributed by atoms with E-state index in [0.717, 1.165) is 0 Å². The molecule has 112 valence electrons. The van der Waals surface area contributed by atoms with Gasteiger partial charge in [0.2, 0.25) is 5.91 Å². The maximum absolute atomic E-state index is 12.6. The predicted molar refractivity (Wildman–Crippen MR) is 76.2 cm³/mol. The van der Waals surface area contributed by atoms with Crippen LogP contribution in [0.2, 0.25) is 0 Å². The Kier molecular flexibility index (Phi) is 4.06. The molecule has 21 heavy (non-hydrogen) atoms. The number of nitro benzene ring substituents is 1. The van der Waals surface area contributed by atoms with Gasteiger partial charge in [0.1, 0.15) is 11.7 Å². The van der Waals surface area contributed by atoms with Crippen molar-refractivity contribution in [2.75, 3.05) is 25.5 Å². The number of amides is 2. The van der Waals surface area contributed by atoms with Gasteiger partial charge in [-0.1, -0.05) is 6.07 Å². The molecule has 8 heteroatoms. The van der Waals surface area contributed by atoms with Gasteiger partial charge >= 0.3 is 0 Å². The first-order valence-corrected chi connectivity index (χ1v) is 6.51. The van der Waals surface area contributed by atoms with Crippen molar-refractivity contribution in [3.63, 3.8) is 0 Å². The molecular weight excluding hydrogens is 276 g/mol. The van der Waals surface area contributed by atoms with E-state index < -0.39 is 16.9 Å². The third-order valence-corrected chi connectivity index (χ3v) is 3.48. The van der Waals surface area contributed by atoms with Crippen molar-refractivity contribution in [1.29, 1.82) is 0 Å². The molecule has 2 N–H and O–H groups in total. The second-order valence-electron chi connectivity index (χ2n) is 4.67. The van der Waals surface area contributed by atoms with Gasteiger partial charge in [-0.3, -0.25) is 19.7 Å². The topological polar surface area (TPSA) is 105 Å². The lowest BCUT2D eigenvalue weighted by molar-refractivity contribution is -0.384. The van der Waals surface area contributed by atoms with Gasteiger partial charge in [0.15, 0.2) is 0 Å². The number of carbonyl (C=O) groups is 2. The molecule has 1 saturated heterocycles. The van der Waals surface area contributed by atoms with Crippen LogP contribution in [-0.4, -0.2) is 47.8 Å². The second-order valence-corrected chi connectivity index (χ2v) is 4.67. The van der Waals surface area contributed by atoms with Gasteiger partial charge in [-0.15, -0.1) is 0 Å².